The van der Waals surface area contributed by atoms with Crippen LogP contribution >= 0.6 is 15.9 Å². The summed E-state index contributed by atoms with van der Waals surface area (Å²) < 4.78 is 61.4. The first kappa shape index (κ1) is 17.8. The number of rotatable bonds is 6. The van der Waals surface area contributed by atoms with Crippen molar-refractivity contribution in [2.45, 2.75) is 19.0 Å². The quantitative estimate of drug-likeness (QED) is 0.782. The highest BCUT2D eigenvalue weighted by Crippen LogP contribution is 2.24. The van der Waals surface area contributed by atoms with Gasteiger partial charge in [0.15, 0.2) is 0 Å². The average molecular weight is 390 g/mol. The van der Waals surface area contributed by atoms with Gasteiger partial charge in [0.2, 0.25) is 10.0 Å². The third-order valence-electron chi connectivity index (χ3n) is 2.34. The third-order valence-corrected chi connectivity index (χ3v) is 4.41. The molecule has 0 aliphatic carbocycles. The van der Waals surface area contributed by atoms with Gasteiger partial charge in [-0.1, -0.05) is 0 Å². The van der Waals surface area contributed by atoms with Gasteiger partial charge in [-0.2, -0.15) is 13.2 Å². The van der Waals surface area contributed by atoms with Gasteiger partial charge in [-0.15, -0.1) is 0 Å². The Morgan fingerprint density at radius 3 is 2.48 bits per heavy atom. The van der Waals surface area contributed by atoms with Crippen LogP contribution in [0.15, 0.2) is 22.7 Å². The first-order chi connectivity index (χ1) is 9.50. The van der Waals surface area contributed by atoms with Crippen LogP contribution in [0.5, 0.6) is 0 Å². The Morgan fingerprint density at radius 1 is 1.33 bits per heavy atom. The van der Waals surface area contributed by atoms with Gasteiger partial charge < -0.3 is 5.11 Å². The second kappa shape index (κ2) is 6.65. The zero-order valence-electron chi connectivity index (χ0n) is 10.4. The number of anilines is 1. The minimum atomic E-state index is -4.41. The first-order valence-corrected chi connectivity index (χ1v) is 8.05. The number of alkyl halides is 3. The van der Waals surface area contributed by atoms with Crippen LogP contribution in [-0.2, 0) is 10.0 Å². The fourth-order valence-electron chi connectivity index (χ4n) is 1.45. The van der Waals surface area contributed by atoms with E-state index < -0.39 is 40.8 Å². The van der Waals surface area contributed by atoms with Crippen molar-refractivity contribution < 1.29 is 31.5 Å². The van der Waals surface area contributed by atoms with Crippen LogP contribution in [0.1, 0.15) is 23.2 Å². The molecule has 2 N–H and O–H groups in total. The highest BCUT2D eigenvalue weighted by atomic mass is 79.9. The van der Waals surface area contributed by atoms with Crippen LogP contribution in [0.25, 0.3) is 0 Å². The van der Waals surface area contributed by atoms with E-state index in [4.69, 9.17) is 5.11 Å². The van der Waals surface area contributed by atoms with E-state index in [1.807, 2.05) is 4.72 Å². The molecule has 0 bridgehead atoms. The maximum atomic E-state index is 12.0. The van der Waals surface area contributed by atoms with Gasteiger partial charge in [-0.25, -0.2) is 13.2 Å². The van der Waals surface area contributed by atoms with Crippen LogP contribution in [0.3, 0.4) is 0 Å². The highest BCUT2D eigenvalue weighted by molar-refractivity contribution is 9.10. The van der Waals surface area contributed by atoms with Gasteiger partial charge in [0.25, 0.3) is 0 Å². The van der Waals surface area contributed by atoms with Crippen molar-refractivity contribution in [1.29, 1.82) is 0 Å². The van der Waals surface area contributed by atoms with E-state index in [9.17, 15) is 26.4 Å². The van der Waals surface area contributed by atoms with Gasteiger partial charge in [0.1, 0.15) is 0 Å². The van der Waals surface area contributed by atoms with Gasteiger partial charge in [0.05, 0.1) is 11.3 Å². The molecule has 10 heteroatoms. The highest BCUT2D eigenvalue weighted by Gasteiger charge is 2.27. The lowest BCUT2D eigenvalue weighted by Gasteiger charge is -2.10. The molecule has 0 saturated carbocycles. The van der Waals surface area contributed by atoms with E-state index in [1.165, 1.54) is 12.1 Å². The molecule has 0 aliphatic heterocycles. The van der Waals surface area contributed by atoms with Crippen LogP contribution in [-0.4, -0.2) is 31.4 Å². The Bertz CT molecular complexity index is 631. The second-order valence-corrected chi connectivity index (χ2v) is 6.84. The van der Waals surface area contributed by atoms with E-state index in [0.717, 1.165) is 6.07 Å². The molecule has 1 aromatic rings. The van der Waals surface area contributed by atoms with Crippen LogP contribution < -0.4 is 4.72 Å². The summed E-state index contributed by atoms with van der Waals surface area (Å²) in [5.74, 6) is -1.97. The number of nitrogens with one attached hydrogen (secondary N) is 1. The molecule has 0 aliphatic rings. The number of sulfonamides is 1. The van der Waals surface area contributed by atoms with Crippen molar-refractivity contribution in [3.05, 3.63) is 28.2 Å². The Balaban J connectivity index is 2.76. The lowest BCUT2D eigenvalue weighted by Crippen LogP contribution is -2.19. The van der Waals surface area contributed by atoms with Crippen molar-refractivity contribution >= 4 is 37.6 Å². The average Bonchev–Trinajstić information content (AvgIpc) is 2.28. The van der Waals surface area contributed by atoms with Crippen LogP contribution in [0.4, 0.5) is 18.9 Å². The molecule has 0 saturated heterocycles. The third kappa shape index (κ3) is 6.34. The molecule has 21 heavy (non-hydrogen) atoms. The topological polar surface area (TPSA) is 83.5 Å². The summed E-state index contributed by atoms with van der Waals surface area (Å²) in [6.07, 6.45) is -6.18. The molecule has 1 aromatic carbocycles. The lowest BCUT2D eigenvalue weighted by molar-refractivity contribution is -0.134. The molecule has 0 unspecified atom stereocenters. The zero-order chi connectivity index (χ0) is 16.3. The molecule has 0 atom stereocenters. The SMILES string of the molecule is O=C(O)c1cc(NS(=O)(=O)CCCC(F)(F)F)ccc1Br. The van der Waals surface area contributed by atoms with Gasteiger partial charge >= 0.3 is 12.1 Å². The number of hydrogen-bond acceptors (Lipinski definition) is 3. The van der Waals surface area contributed by atoms with E-state index >= 15 is 0 Å². The summed E-state index contributed by atoms with van der Waals surface area (Å²) in [6, 6.07) is 3.71. The van der Waals surface area contributed by atoms with Gasteiger partial charge in [-0.05, 0) is 40.5 Å². The summed E-state index contributed by atoms with van der Waals surface area (Å²) in [5.41, 5.74) is -0.187. The van der Waals surface area contributed by atoms with Crippen LogP contribution in [0.2, 0.25) is 0 Å². The molecule has 0 spiro atoms. The fraction of sp³-hybridized carbons (Fsp3) is 0.364. The predicted octanol–water partition coefficient (Wildman–Crippen LogP) is 3.23. The number of hydrogen-bond donors (Lipinski definition) is 2. The molecule has 118 valence electrons. The fourth-order valence-corrected chi connectivity index (χ4v) is 2.97. The molecule has 0 fully saturated rings. The van der Waals surface area contributed by atoms with Crippen molar-refractivity contribution in [1.82, 2.24) is 0 Å². The monoisotopic (exact) mass is 389 g/mol. The normalized spacial score (nSPS) is 12.2. The Hall–Kier alpha value is -1.29. The smallest absolute Gasteiger partial charge is 0.389 e. The Morgan fingerprint density at radius 2 is 1.95 bits per heavy atom. The largest absolute Gasteiger partial charge is 0.478 e. The second-order valence-electron chi connectivity index (χ2n) is 4.14. The van der Waals surface area contributed by atoms with Gasteiger partial charge in [-0.3, -0.25) is 4.72 Å². The molecule has 1 rings (SSSR count). The van der Waals surface area contributed by atoms with E-state index in [0.29, 0.717) is 0 Å². The minimum absolute atomic E-state index is 0.0254. The number of halogens is 4. The number of carbonyl (C=O) groups is 1. The predicted molar refractivity (Wildman–Crippen MR) is 73.8 cm³/mol. The molecule has 0 amide bonds. The van der Waals surface area contributed by atoms with Crippen molar-refractivity contribution in [3.63, 3.8) is 0 Å². The molecule has 5 nitrogen and oxygen atoms in total. The molecular weight excluding hydrogens is 379 g/mol. The van der Waals surface area contributed by atoms with Crippen molar-refractivity contribution in [2.24, 2.45) is 0 Å². The van der Waals surface area contributed by atoms with E-state index in [2.05, 4.69) is 15.9 Å². The summed E-state index contributed by atoms with van der Waals surface area (Å²) in [7, 11) is -3.97. The molecular formula is C11H11BrF3NO4S. The Labute approximate surface area is 127 Å². The number of carboxylic acids is 1. The minimum Gasteiger partial charge on any atom is -0.478 e. The summed E-state index contributed by atoms with van der Waals surface area (Å²) >= 11 is 2.99. The van der Waals surface area contributed by atoms with Gasteiger partial charge in [0, 0.05) is 16.6 Å². The summed E-state index contributed by atoms with van der Waals surface area (Å²) in [5, 5.41) is 8.89. The van der Waals surface area contributed by atoms with Crippen molar-refractivity contribution in [3.8, 4) is 0 Å². The van der Waals surface area contributed by atoms with Crippen molar-refractivity contribution in [2.75, 3.05) is 10.5 Å². The van der Waals surface area contributed by atoms with Crippen LogP contribution in [0, 0.1) is 0 Å². The standard InChI is InChI=1S/C11H11BrF3NO4S/c12-9-3-2-7(6-8(9)10(17)18)16-21(19,20)5-1-4-11(13,14)15/h2-3,6,16H,1,4-5H2,(H,17,18). The summed E-state index contributed by atoms with van der Waals surface area (Å²) in [4.78, 5) is 10.9. The number of aromatic carboxylic acids is 1. The Kier molecular flexibility index (Phi) is 5.62. The maximum Gasteiger partial charge on any atom is 0.389 e. The number of carboxylic acid groups (broad SMARTS) is 1. The lowest BCUT2D eigenvalue weighted by atomic mass is 10.2. The van der Waals surface area contributed by atoms with E-state index in [-0.39, 0.29) is 15.7 Å². The first-order valence-electron chi connectivity index (χ1n) is 5.60. The number of benzene rings is 1. The molecule has 0 aromatic heterocycles. The maximum absolute atomic E-state index is 12.0. The zero-order valence-corrected chi connectivity index (χ0v) is 12.8. The van der Waals surface area contributed by atoms with E-state index in [1.54, 1.807) is 0 Å². The molecule has 0 radical (unpaired) electrons. The summed E-state index contributed by atoms with van der Waals surface area (Å²) in [6.45, 7) is 0. The molecule has 0 heterocycles.